The van der Waals surface area contributed by atoms with E-state index in [1.54, 1.807) is 0 Å². The van der Waals surface area contributed by atoms with E-state index < -0.39 is 0 Å². The van der Waals surface area contributed by atoms with Crippen molar-refractivity contribution in [2.24, 2.45) is 0 Å². The van der Waals surface area contributed by atoms with E-state index in [2.05, 4.69) is 31.9 Å². The fraction of sp³-hybridized carbons (Fsp3) is 0.857. The summed E-state index contributed by atoms with van der Waals surface area (Å²) in [7, 11) is 0. The molecule has 2 unspecified atom stereocenters. The van der Waals surface area contributed by atoms with Gasteiger partial charge in [-0.2, -0.15) is 0 Å². The van der Waals surface area contributed by atoms with Crippen LogP contribution in [-0.4, -0.2) is 14.9 Å². The number of hydrogen-bond acceptors (Lipinski definition) is 1. The van der Waals surface area contributed by atoms with E-state index in [0.717, 1.165) is 19.3 Å². The van der Waals surface area contributed by atoms with Gasteiger partial charge in [0.25, 0.3) is 0 Å². The SMILES string of the molecule is CC1(Br)CCCC(Br)C1=O. The zero-order valence-corrected chi connectivity index (χ0v) is 9.03. The first-order chi connectivity index (χ1) is 4.54. The van der Waals surface area contributed by atoms with Gasteiger partial charge in [-0.25, -0.2) is 0 Å². The lowest BCUT2D eigenvalue weighted by atomic mass is 9.89. The van der Waals surface area contributed by atoms with Crippen molar-refractivity contribution < 1.29 is 4.79 Å². The van der Waals surface area contributed by atoms with Crippen LogP contribution in [0.2, 0.25) is 0 Å². The first kappa shape index (κ1) is 8.72. The van der Waals surface area contributed by atoms with Crippen LogP contribution in [0, 0.1) is 0 Å². The molecule has 1 aliphatic carbocycles. The Bertz CT molecular complexity index is 154. The summed E-state index contributed by atoms with van der Waals surface area (Å²) < 4.78 is -0.264. The molecule has 0 spiro atoms. The molecule has 0 N–H and O–H groups in total. The normalized spacial score (nSPS) is 41.9. The highest BCUT2D eigenvalue weighted by molar-refractivity contribution is 9.11. The van der Waals surface area contributed by atoms with Crippen LogP contribution in [0.4, 0.5) is 0 Å². The van der Waals surface area contributed by atoms with Gasteiger partial charge in [0, 0.05) is 0 Å². The fourth-order valence-electron chi connectivity index (χ4n) is 1.19. The van der Waals surface area contributed by atoms with Crippen molar-refractivity contribution in [3.63, 3.8) is 0 Å². The third-order valence-corrected chi connectivity index (χ3v) is 3.56. The Labute approximate surface area is 77.8 Å². The van der Waals surface area contributed by atoms with Crippen LogP contribution < -0.4 is 0 Å². The Hall–Kier alpha value is 0.630. The minimum Gasteiger partial charge on any atom is -0.297 e. The van der Waals surface area contributed by atoms with Crippen LogP contribution in [0.15, 0.2) is 0 Å². The van der Waals surface area contributed by atoms with Crippen LogP contribution >= 0.6 is 31.9 Å². The summed E-state index contributed by atoms with van der Waals surface area (Å²) in [6, 6.07) is 0. The fourth-order valence-corrected chi connectivity index (χ4v) is 2.89. The van der Waals surface area contributed by atoms with Gasteiger partial charge in [-0.1, -0.05) is 38.3 Å². The summed E-state index contributed by atoms with van der Waals surface area (Å²) in [5.74, 6) is 0.291. The molecule has 0 aromatic carbocycles. The second-order valence-corrected chi connectivity index (χ2v) is 5.78. The molecule has 0 amide bonds. The van der Waals surface area contributed by atoms with Gasteiger partial charge in [-0.15, -0.1) is 0 Å². The number of carbonyl (C=O) groups excluding carboxylic acids is 1. The average Bonchev–Trinajstić information content (AvgIpc) is 1.83. The number of ketones is 1. The summed E-state index contributed by atoms with van der Waals surface area (Å²) in [6.45, 7) is 1.95. The maximum absolute atomic E-state index is 11.4. The number of halogens is 2. The van der Waals surface area contributed by atoms with Crippen LogP contribution in [0.1, 0.15) is 26.2 Å². The molecule has 1 fully saturated rings. The maximum Gasteiger partial charge on any atom is 0.162 e. The Kier molecular flexibility index (Phi) is 2.56. The molecule has 1 aliphatic rings. The Balaban J connectivity index is 2.70. The van der Waals surface area contributed by atoms with Crippen molar-refractivity contribution in [3.05, 3.63) is 0 Å². The molecule has 0 bridgehead atoms. The Morgan fingerprint density at radius 3 is 2.70 bits per heavy atom. The van der Waals surface area contributed by atoms with Gasteiger partial charge in [-0.3, -0.25) is 4.79 Å². The molecule has 0 heterocycles. The van der Waals surface area contributed by atoms with Gasteiger partial charge in [0.15, 0.2) is 5.78 Å². The summed E-state index contributed by atoms with van der Waals surface area (Å²) >= 11 is 6.77. The summed E-state index contributed by atoms with van der Waals surface area (Å²) in [6.07, 6.45) is 3.08. The predicted octanol–water partition coefficient (Wildman–Crippen LogP) is 2.66. The largest absolute Gasteiger partial charge is 0.297 e. The molecule has 0 radical (unpaired) electrons. The molecule has 10 heavy (non-hydrogen) atoms. The Morgan fingerprint density at radius 2 is 2.30 bits per heavy atom. The van der Waals surface area contributed by atoms with Crippen molar-refractivity contribution in [3.8, 4) is 0 Å². The summed E-state index contributed by atoms with van der Waals surface area (Å²) in [5.41, 5.74) is 0. The van der Waals surface area contributed by atoms with Gasteiger partial charge < -0.3 is 0 Å². The van der Waals surface area contributed by atoms with E-state index in [1.807, 2.05) is 6.92 Å². The van der Waals surface area contributed by atoms with Gasteiger partial charge in [-0.05, 0) is 19.8 Å². The predicted molar refractivity (Wildman–Crippen MR) is 48.9 cm³/mol. The quantitative estimate of drug-likeness (QED) is 0.618. The molecule has 3 heteroatoms. The molecule has 58 valence electrons. The standard InChI is InChI=1S/C7H10Br2O/c1-7(9)4-2-3-5(8)6(7)10/h5H,2-4H2,1H3. The summed E-state index contributed by atoms with van der Waals surface area (Å²) in [4.78, 5) is 11.4. The third kappa shape index (κ3) is 1.62. The molecular formula is C7H10Br2O. The zero-order chi connectivity index (χ0) is 7.78. The number of alkyl halides is 2. The number of rotatable bonds is 0. The molecule has 0 aliphatic heterocycles. The highest BCUT2D eigenvalue weighted by Gasteiger charge is 2.37. The first-order valence-corrected chi connectivity index (χ1v) is 5.12. The van der Waals surface area contributed by atoms with Crippen LogP contribution in [-0.2, 0) is 4.79 Å². The second kappa shape index (κ2) is 2.94. The van der Waals surface area contributed by atoms with Crippen LogP contribution in [0.25, 0.3) is 0 Å². The minimum atomic E-state index is -0.264. The van der Waals surface area contributed by atoms with E-state index in [0.29, 0.717) is 5.78 Å². The van der Waals surface area contributed by atoms with Gasteiger partial charge in [0.1, 0.15) is 0 Å². The molecule has 2 atom stereocenters. The van der Waals surface area contributed by atoms with E-state index >= 15 is 0 Å². The van der Waals surface area contributed by atoms with Crippen molar-refractivity contribution in [1.29, 1.82) is 0 Å². The van der Waals surface area contributed by atoms with Crippen LogP contribution in [0.5, 0.6) is 0 Å². The van der Waals surface area contributed by atoms with E-state index in [-0.39, 0.29) is 9.15 Å². The van der Waals surface area contributed by atoms with E-state index in [9.17, 15) is 4.79 Å². The summed E-state index contributed by atoms with van der Waals surface area (Å²) in [5, 5.41) is 0. The average molecular weight is 270 g/mol. The highest BCUT2D eigenvalue weighted by Crippen LogP contribution is 2.35. The molecule has 0 saturated heterocycles. The van der Waals surface area contributed by atoms with Crippen molar-refractivity contribution in [1.82, 2.24) is 0 Å². The third-order valence-electron chi connectivity index (χ3n) is 1.90. The lowest BCUT2D eigenvalue weighted by molar-refractivity contribution is -0.121. The van der Waals surface area contributed by atoms with Gasteiger partial charge in [0.2, 0.25) is 0 Å². The van der Waals surface area contributed by atoms with Gasteiger partial charge >= 0.3 is 0 Å². The van der Waals surface area contributed by atoms with Crippen LogP contribution in [0.3, 0.4) is 0 Å². The molecule has 1 saturated carbocycles. The number of Topliss-reactive ketones (excluding diaryl/α,β-unsaturated/α-hetero) is 1. The van der Waals surface area contributed by atoms with Gasteiger partial charge in [0.05, 0.1) is 9.15 Å². The first-order valence-electron chi connectivity index (χ1n) is 3.41. The number of hydrogen-bond donors (Lipinski definition) is 0. The highest BCUT2D eigenvalue weighted by atomic mass is 79.9. The lowest BCUT2D eigenvalue weighted by Crippen LogP contribution is -2.38. The van der Waals surface area contributed by atoms with Crippen molar-refractivity contribution >= 4 is 37.6 Å². The molecular weight excluding hydrogens is 260 g/mol. The lowest BCUT2D eigenvalue weighted by Gasteiger charge is -2.28. The molecule has 1 rings (SSSR count). The van der Waals surface area contributed by atoms with E-state index in [4.69, 9.17) is 0 Å². The minimum absolute atomic E-state index is 0.0747. The smallest absolute Gasteiger partial charge is 0.162 e. The maximum atomic E-state index is 11.4. The number of carbonyl (C=O) groups is 1. The zero-order valence-electron chi connectivity index (χ0n) is 5.86. The molecule has 1 nitrogen and oxygen atoms in total. The molecule has 0 aromatic rings. The topological polar surface area (TPSA) is 17.1 Å². The van der Waals surface area contributed by atoms with Crippen molar-refractivity contribution in [2.45, 2.75) is 35.3 Å². The Morgan fingerprint density at radius 1 is 1.70 bits per heavy atom. The molecule has 0 aromatic heterocycles. The monoisotopic (exact) mass is 268 g/mol. The van der Waals surface area contributed by atoms with Crippen molar-refractivity contribution in [2.75, 3.05) is 0 Å². The van der Waals surface area contributed by atoms with E-state index in [1.165, 1.54) is 0 Å². The second-order valence-electron chi connectivity index (χ2n) is 2.92.